The molecule has 0 radical (unpaired) electrons. The fourth-order valence-corrected chi connectivity index (χ4v) is 8.66. The van der Waals surface area contributed by atoms with Gasteiger partial charge in [0.15, 0.2) is 23.1 Å². The van der Waals surface area contributed by atoms with Gasteiger partial charge in [-0.25, -0.2) is 0 Å². The Morgan fingerprint density at radius 1 is 0.779 bits per heavy atom. The zero-order chi connectivity index (χ0) is 51.2. The molecular weight excluding hydrogens is 889 g/mol. The summed E-state index contributed by atoms with van der Waals surface area (Å²) in [6, 6.07) is -3.82. The van der Waals surface area contributed by atoms with E-state index in [1.165, 1.54) is 18.9 Å². The number of likely N-dealkylation sites (tertiary alicyclic amines) is 1. The zero-order valence-electron chi connectivity index (χ0n) is 40.3. The summed E-state index contributed by atoms with van der Waals surface area (Å²) in [7, 11) is 1.22. The Hall–Kier alpha value is -5.44. The molecule has 21 nitrogen and oxygen atoms in total. The Balaban J connectivity index is 2.02. The molecule has 5 amide bonds. The van der Waals surface area contributed by atoms with Gasteiger partial charge >= 0.3 is 11.9 Å². The molecule has 0 aliphatic carbocycles. The minimum absolute atomic E-state index is 0.0902. The van der Waals surface area contributed by atoms with E-state index in [2.05, 4.69) is 16.0 Å². The van der Waals surface area contributed by atoms with Crippen molar-refractivity contribution in [2.24, 2.45) is 29.4 Å². The van der Waals surface area contributed by atoms with Crippen molar-refractivity contribution in [2.75, 3.05) is 26.7 Å². The van der Waals surface area contributed by atoms with Gasteiger partial charge in [0.25, 0.3) is 0 Å². The van der Waals surface area contributed by atoms with Crippen LogP contribution in [-0.4, -0.2) is 152 Å². The lowest BCUT2D eigenvalue weighted by atomic mass is 9.90. The van der Waals surface area contributed by atoms with Crippen LogP contribution in [0.1, 0.15) is 143 Å². The molecule has 0 unspecified atom stereocenters. The number of aliphatic hydroxyl groups is 1. The number of Topliss-reactive ketones (excluding diaryl/α,β-unsaturated/α-hetero) is 5. The Bertz CT molecular complexity index is 1840. The van der Waals surface area contributed by atoms with Crippen LogP contribution in [0.2, 0.25) is 0 Å². The Kier molecular flexibility index (Phi) is 25.4. The molecule has 382 valence electrons. The third-order valence-electron chi connectivity index (χ3n) is 12.4. The second-order valence-electron chi connectivity index (χ2n) is 18.8. The van der Waals surface area contributed by atoms with Crippen LogP contribution in [0.15, 0.2) is 0 Å². The van der Waals surface area contributed by atoms with Gasteiger partial charge in [-0.2, -0.15) is 0 Å². The van der Waals surface area contributed by atoms with Gasteiger partial charge in [0.05, 0.1) is 55.1 Å². The number of primary amides is 1. The molecular formula is C47H74N6O15. The lowest BCUT2D eigenvalue weighted by Gasteiger charge is -2.26. The second kappa shape index (κ2) is 29.4. The van der Waals surface area contributed by atoms with E-state index < -0.39 is 126 Å². The average molecular weight is 963 g/mol. The van der Waals surface area contributed by atoms with E-state index in [4.69, 9.17) is 5.73 Å². The van der Waals surface area contributed by atoms with Crippen molar-refractivity contribution in [2.45, 2.75) is 174 Å². The summed E-state index contributed by atoms with van der Waals surface area (Å²) >= 11 is 0. The number of carboxylic acid groups (broad SMARTS) is 2. The standard InChI is InChI=1S/C47H74N6O15/c1-6-7-8-10-29(47(67)68)21-40(59)36-11-9-18-53(36)43(62)17-14-37(56)28(4)50-45(65)30(19-27(2)3)20-33(55)26-52(5)46(66)31(23-44(63)64)22-39(58)34(12-15-41(48)60)51-42(61)16-13-38(57)35-24-32(54)25-49-35/h27-32,34-36,49,54H,6-26H2,1-5H3,(H2,48,60)(H,50,65)(H,51,61)(H,63,64)(H,67,68)/t28-,29+,30+,31-,32+,34-,35-,36-/m0/s1. The van der Waals surface area contributed by atoms with Crippen molar-refractivity contribution < 1.29 is 72.9 Å². The Morgan fingerprint density at radius 3 is 2.06 bits per heavy atom. The molecule has 8 N–H and O–H groups in total. The highest BCUT2D eigenvalue weighted by Crippen LogP contribution is 2.25. The highest BCUT2D eigenvalue weighted by molar-refractivity contribution is 5.97. The maximum absolute atomic E-state index is 13.6. The number of amides is 5. The fourth-order valence-electron chi connectivity index (χ4n) is 8.66. The number of β-amino-alcohol motifs (C(OH)–C–C–N with tert-alkyl or cyclic N) is 1. The number of carboxylic acids is 2. The van der Waals surface area contributed by atoms with Crippen LogP contribution in [0.25, 0.3) is 0 Å². The first-order valence-corrected chi connectivity index (χ1v) is 23.8. The van der Waals surface area contributed by atoms with E-state index in [1.54, 1.807) is 0 Å². The minimum Gasteiger partial charge on any atom is -0.481 e. The summed E-state index contributed by atoms with van der Waals surface area (Å²) in [5.41, 5.74) is 5.27. The Labute approximate surface area is 397 Å². The van der Waals surface area contributed by atoms with Crippen molar-refractivity contribution in [3.63, 3.8) is 0 Å². The molecule has 0 aromatic carbocycles. The predicted molar refractivity (Wildman–Crippen MR) is 244 cm³/mol. The van der Waals surface area contributed by atoms with Crippen LogP contribution in [-0.2, 0) is 57.5 Å². The highest BCUT2D eigenvalue weighted by Gasteiger charge is 2.37. The number of aliphatic hydroxyl groups excluding tert-OH is 1. The quantitative estimate of drug-likeness (QED) is 0.0443. The molecule has 0 saturated carbocycles. The van der Waals surface area contributed by atoms with Crippen LogP contribution in [0.5, 0.6) is 0 Å². The van der Waals surface area contributed by atoms with E-state index in [9.17, 15) is 72.9 Å². The molecule has 0 aromatic rings. The third-order valence-corrected chi connectivity index (χ3v) is 12.4. The van der Waals surface area contributed by atoms with Crippen molar-refractivity contribution in [3.8, 4) is 0 Å². The summed E-state index contributed by atoms with van der Waals surface area (Å²) in [6.07, 6.45) is -0.276. The van der Waals surface area contributed by atoms with E-state index in [1.807, 2.05) is 20.8 Å². The Morgan fingerprint density at radius 2 is 1.47 bits per heavy atom. The van der Waals surface area contributed by atoms with E-state index >= 15 is 0 Å². The molecule has 0 spiro atoms. The number of aliphatic carboxylic acids is 2. The smallest absolute Gasteiger partial charge is 0.306 e. The summed E-state index contributed by atoms with van der Waals surface area (Å²) in [6.45, 7) is 7.02. The van der Waals surface area contributed by atoms with Gasteiger partial charge in [-0.15, -0.1) is 0 Å². The molecule has 2 aliphatic rings. The van der Waals surface area contributed by atoms with Crippen LogP contribution >= 0.6 is 0 Å². The number of hydrogen-bond acceptors (Lipinski definition) is 14. The van der Waals surface area contributed by atoms with Crippen LogP contribution < -0.4 is 21.7 Å². The number of nitrogens with one attached hydrogen (secondary N) is 3. The molecule has 21 heteroatoms. The van der Waals surface area contributed by atoms with Crippen molar-refractivity contribution in [1.29, 1.82) is 0 Å². The molecule has 0 bridgehead atoms. The van der Waals surface area contributed by atoms with Gasteiger partial charge in [0, 0.05) is 77.4 Å². The fraction of sp³-hybridized carbons (Fsp3) is 0.745. The van der Waals surface area contributed by atoms with Crippen LogP contribution in [0.3, 0.4) is 0 Å². The highest BCUT2D eigenvalue weighted by atomic mass is 16.4. The van der Waals surface area contributed by atoms with Gasteiger partial charge in [-0.05, 0) is 51.4 Å². The van der Waals surface area contributed by atoms with Crippen LogP contribution in [0, 0.1) is 23.7 Å². The number of nitrogens with zero attached hydrogens (tertiary/aromatic N) is 2. The van der Waals surface area contributed by atoms with Crippen LogP contribution in [0.4, 0.5) is 0 Å². The third kappa shape index (κ3) is 20.8. The predicted octanol–water partition coefficient (Wildman–Crippen LogP) is 1.02. The topological polar surface area (TPSA) is 334 Å². The maximum Gasteiger partial charge on any atom is 0.306 e. The van der Waals surface area contributed by atoms with Gasteiger partial charge < -0.3 is 46.8 Å². The molecule has 2 rings (SSSR count). The lowest BCUT2D eigenvalue weighted by Crippen LogP contribution is -2.45. The number of unbranched alkanes of at least 4 members (excludes halogenated alkanes) is 2. The number of carbonyl (C=O) groups excluding carboxylic acids is 10. The number of ketones is 5. The number of rotatable bonds is 34. The molecule has 2 aliphatic heterocycles. The molecule has 2 saturated heterocycles. The molecule has 68 heavy (non-hydrogen) atoms. The molecule has 2 heterocycles. The van der Waals surface area contributed by atoms with Gasteiger partial charge in [0.1, 0.15) is 5.78 Å². The summed E-state index contributed by atoms with van der Waals surface area (Å²) < 4.78 is 0. The number of nitrogens with two attached hydrogens (primary N) is 1. The number of hydrogen-bond donors (Lipinski definition) is 7. The first kappa shape index (κ1) is 58.7. The van der Waals surface area contributed by atoms with Gasteiger partial charge in [0.2, 0.25) is 29.5 Å². The minimum atomic E-state index is -1.50. The average Bonchev–Trinajstić information content (AvgIpc) is 3.94. The van der Waals surface area contributed by atoms with Gasteiger partial charge in [-0.1, -0.05) is 40.0 Å². The first-order chi connectivity index (χ1) is 31.9. The monoisotopic (exact) mass is 963 g/mol. The molecule has 0 aromatic heterocycles. The molecule has 2 fully saturated rings. The largest absolute Gasteiger partial charge is 0.481 e. The molecule has 8 atom stereocenters. The van der Waals surface area contributed by atoms with Crippen molar-refractivity contribution >= 4 is 70.4 Å². The summed E-state index contributed by atoms with van der Waals surface area (Å²) in [5, 5.41) is 36.9. The van der Waals surface area contributed by atoms with Crippen molar-refractivity contribution in [1.82, 2.24) is 25.8 Å². The summed E-state index contributed by atoms with van der Waals surface area (Å²) in [5.74, 6) is -11.8. The van der Waals surface area contributed by atoms with Crippen molar-refractivity contribution in [3.05, 3.63) is 0 Å². The number of likely N-dealkylation sites (N-methyl/N-ethyl adjacent to an activating group) is 1. The SMILES string of the molecule is CCCCC[C@H](CC(=O)[C@@H]1CCCN1C(=O)CCC(=O)[C@H](C)NC(=O)[C@@H](CC(=O)CN(C)C(=O)[C@H](CC(=O)O)CC(=O)[C@H](CCC(N)=O)NC(=O)CCC(=O)[C@@H]1C[C@@H](O)CN1)CC(C)C)C(=O)O. The normalized spacial score (nSPS) is 19.0. The zero-order valence-corrected chi connectivity index (χ0v) is 40.3. The second-order valence-corrected chi connectivity index (χ2v) is 18.8. The van der Waals surface area contributed by atoms with E-state index in [0.717, 1.165) is 17.7 Å². The summed E-state index contributed by atoms with van der Waals surface area (Å²) in [4.78, 5) is 157. The number of carbonyl (C=O) groups is 12. The van der Waals surface area contributed by atoms with Gasteiger partial charge in [-0.3, -0.25) is 57.5 Å². The van der Waals surface area contributed by atoms with E-state index in [-0.39, 0.29) is 88.2 Å². The maximum atomic E-state index is 13.6. The van der Waals surface area contributed by atoms with E-state index in [0.29, 0.717) is 32.2 Å². The lowest BCUT2D eigenvalue weighted by molar-refractivity contribution is -0.146. The first-order valence-electron chi connectivity index (χ1n) is 23.8.